The summed E-state index contributed by atoms with van der Waals surface area (Å²) in [4.78, 5) is 29.1. The van der Waals surface area contributed by atoms with Gasteiger partial charge in [0.25, 0.3) is 5.56 Å². The molecular weight excluding hydrogens is 336 g/mol. The second-order valence-electron chi connectivity index (χ2n) is 7.47. The van der Waals surface area contributed by atoms with Crippen molar-refractivity contribution >= 4 is 12.2 Å². The molecule has 0 radical (unpaired) electrons. The Morgan fingerprint density at radius 3 is 2.22 bits per heavy atom. The van der Waals surface area contributed by atoms with E-state index in [0.29, 0.717) is 11.5 Å². The van der Waals surface area contributed by atoms with Crippen molar-refractivity contribution in [2.75, 3.05) is 0 Å². The van der Waals surface area contributed by atoms with E-state index in [-0.39, 0.29) is 11.5 Å². The average Bonchev–Trinajstić information content (AvgIpc) is 2.78. The van der Waals surface area contributed by atoms with E-state index in [0.717, 1.165) is 22.3 Å². The van der Waals surface area contributed by atoms with Crippen LogP contribution < -0.4 is 11.2 Å². The number of aromatic nitrogens is 2. The Balaban J connectivity index is 2.03. The molecule has 4 rings (SSSR count). The van der Waals surface area contributed by atoms with Crippen LogP contribution in [0.15, 0.2) is 52.2 Å². The van der Waals surface area contributed by atoms with E-state index in [1.54, 1.807) is 6.20 Å². The minimum Gasteiger partial charge on any atom is -0.314 e. The summed E-state index contributed by atoms with van der Waals surface area (Å²) in [7, 11) is 0. The van der Waals surface area contributed by atoms with Crippen molar-refractivity contribution in [3.05, 3.63) is 102 Å². The quantitative estimate of drug-likeness (QED) is 0.565. The van der Waals surface area contributed by atoms with Gasteiger partial charge in [0.1, 0.15) is 0 Å². The molecule has 3 aromatic rings. The first-order chi connectivity index (χ1) is 12.9. The Hall–Kier alpha value is -3.14. The Morgan fingerprint density at radius 1 is 0.889 bits per heavy atom. The molecule has 1 heterocycles. The lowest BCUT2D eigenvalue weighted by Crippen LogP contribution is -2.27. The van der Waals surface area contributed by atoms with Crippen molar-refractivity contribution in [3.63, 3.8) is 0 Å². The molecule has 2 N–H and O–H groups in total. The number of aromatic amines is 2. The van der Waals surface area contributed by atoms with Gasteiger partial charge in [-0.05, 0) is 40.7 Å². The largest absolute Gasteiger partial charge is 0.325 e. The molecule has 1 atom stereocenters. The van der Waals surface area contributed by atoms with Gasteiger partial charge in [0.15, 0.2) is 0 Å². The van der Waals surface area contributed by atoms with Crippen LogP contribution in [0.5, 0.6) is 0 Å². The molecule has 0 saturated carbocycles. The average molecular weight is 358 g/mol. The number of H-pyrrole nitrogens is 2. The first-order valence-electron chi connectivity index (χ1n) is 9.18. The van der Waals surface area contributed by atoms with Crippen LogP contribution in [0.2, 0.25) is 0 Å². The zero-order chi connectivity index (χ0) is 19.1. The summed E-state index contributed by atoms with van der Waals surface area (Å²) in [5.41, 5.74) is 6.45. The van der Waals surface area contributed by atoms with Crippen molar-refractivity contribution in [3.8, 4) is 0 Å². The number of aryl methyl sites for hydroxylation is 1. The highest BCUT2D eigenvalue weighted by atomic mass is 16.2. The van der Waals surface area contributed by atoms with Gasteiger partial charge in [0.05, 0.1) is 0 Å². The van der Waals surface area contributed by atoms with Crippen LogP contribution in [0.25, 0.3) is 12.2 Å². The predicted molar refractivity (Wildman–Crippen MR) is 109 cm³/mol. The topological polar surface area (TPSA) is 65.7 Å². The SMILES string of the molecule is Cc1ccc2c(c1)C=Cc1cc(C(C)C)ccc1C2c1c[nH]c(=O)[nH]c1=O. The third-order valence-electron chi connectivity index (χ3n) is 5.24. The van der Waals surface area contributed by atoms with Crippen molar-refractivity contribution in [2.24, 2.45) is 0 Å². The summed E-state index contributed by atoms with van der Waals surface area (Å²) in [5.74, 6) is 0.180. The monoisotopic (exact) mass is 358 g/mol. The highest BCUT2D eigenvalue weighted by molar-refractivity contribution is 5.78. The third kappa shape index (κ3) is 3.08. The van der Waals surface area contributed by atoms with E-state index in [2.05, 4.69) is 79.3 Å². The first kappa shape index (κ1) is 17.3. The summed E-state index contributed by atoms with van der Waals surface area (Å²) in [5, 5.41) is 0. The van der Waals surface area contributed by atoms with E-state index in [1.807, 2.05) is 0 Å². The zero-order valence-corrected chi connectivity index (χ0v) is 15.7. The molecule has 0 spiro atoms. The number of nitrogens with one attached hydrogen (secondary N) is 2. The molecule has 1 aromatic heterocycles. The van der Waals surface area contributed by atoms with Crippen LogP contribution in [0.4, 0.5) is 0 Å². The Kier molecular flexibility index (Phi) is 4.19. The van der Waals surface area contributed by atoms with E-state index >= 15 is 0 Å². The van der Waals surface area contributed by atoms with Crippen molar-refractivity contribution in [1.82, 2.24) is 9.97 Å². The molecule has 1 unspecified atom stereocenters. The summed E-state index contributed by atoms with van der Waals surface area (Å²) in [6.07, 6.45) is 5.78. The van der Waals surface area contributed by atoms with E-state index in [9.17, 15) is 9.59 Å². The van der Waals surface area contributed by atoms with Gasteiger partial charge in [0, 0.05) is 17.7 Å². The molecule has 1 aliphatic rings. The highest BCUT2D eigenvalue weighted by Crippen LogP contribution is 2.39. The van der Waals surface area contributed by atoms with Crippen LogP contribution in [0, 0.1) is 6.92 Å². The molecule has 2 aromatic carbocycles. The summed E-state index contributed by atoms with van der Waals surface area (Å²) in [6.45, 7) is 6.40. The molecular formula is C23H22N2O2. The Labute approximate surface area is 157 Å². The van der Waals surface area contributed by atoms with Crippen LogP contribution >= 0.6 is 0 Å². The van der Waals surface area contributed by atoms with E-state index < -0.39 is 5.69 Å². The molecule has 136 valence electrons. The molecule has 0 bridgehead atoms. The van der Waals surface area contributed by atoms with Crippen molar-refractivity contribution in [2.45, 2.75) is 32.6 Å². The standard InChI is InChI=1S/C23H22N2O2/c1-13(2)15-7-9-19-17(11-15)6-5-16-10-14(3)4-8-18(16)21(19)20-12-24-23(27)25-22(20)26/h4-13,21H,1-3H3,(H2,24,25,26,27). The first-order valence-corrected chi connectivity index (χ1v) is 9.18. The number of fused-ring (bicyclic) bond motifs is 2. The van der Waals surface area contributed by atoms with Crippen LogP contribution in [0.1, 0.15) is 64.6 Å². The molecule has 0 fully saturated rings. The van der Waals surface area contributed by atoms with Crippen LogP contribution in [-0.4, -0.2) is 9.97 Å². The zero-order valence-electron chi connectivity index (χ0n) is 15.7. The molecule has 1 aliphatic carbocycles. The summed E-state index contributed by atoms with van der Waals surface area (Å²) in [6, 6.07) is 12.7. The normalized spacial score (nSPS) is 15.3. The van der Waals surface area contributed by atoms with Gasteiger partial charge >= 0.3 is 5.69 Å². The van der Waals surface area contributed by atoms with Gasteiger partial charge in [-0.1, -0.05) is 68.0 Å². The fraction of sp³-hybridized carbons (Fsp3) is 0.217. The van der Waals surface area contributed by atoms with Gasteiger partial charge in [0.2, 0.25) is 0 Å². The van der Waals surface area contributed by atoms with Crippen LogP contribution in [0.3, 0.4) is 0 Å². The third-order valence-corrected chi connectivity index (χ3v) is 5.24. The van der Waals surface area contributed by atoms with Gasteiger partial charge in [-0.3, -0.25) is 9.78 Å². The van der Waals surface area contributed by atoms with E-state index in [4.69, 9.17) is 0 Å². The number of hydrogen-bond donors (Lipinski definition) is 2. The van der Waals surface area contributed by atoms with Crippen LogP contribution in [-0.2, 0) is 0 Å². The maximum absolute atomic E-state index is 12.6. The Morgan fingerprint density at radius 2 is 1.56 bits per heavy atom. The highest BCUT2D eigenvalue weighted by Gasteiger charge is 2.26. The maximum Gasteiger partial charge on any atom is 0.325 e. The lowest BCUT2D eigenvalue weighted by atomic mass is 9.82. The second kappa shape index (κ2) is 6.54. The minimum atomic E-state index is -0.491. The summed E-state index contributed by atoms with van der Waals surface area (Å²) < 4.78 is 0. The summed E-state index contributed by atoms with van der Waals surface area (Å²) >= 11 is 0. The van der Waals surface area contributed by atoms with Gasteiger partial charge in [-0.25, -0.2) is 4.79 Å². The predicted octanol–water partition coefficient (Wildman–Crippen LogP) is 4.16. The van der Waals surface area contributed by atoms with E-state index in [1.165, 1.54) is 11.1 Å². The molecule has 4 heteroatoms. The second-order valence-corrected chi connectivity index (χ2v) is 7.47. The van der Waals surface area contributed by atoms with Gasteiger partial charge in [-0.15, -0.1) is 0 Å². The van der Waals surface area contributed by atoms with Crippen molar-refractivity contribution in [1.29, 1.82) is 0 Å². The lowest BCUT2D eigenvalue weighted by molar-refractivity contribution is 0.857. The number of rotatable bonds is 2. The fourth-order valence-corrected chi connectivity index (χ4v) is 3.78. The molecule has 0 aliphatic heterocycles. The molecule has 0 amide bonds. The minimum absolute atomic E-state index is 0.243. The molecule has 27 heavy (non-hydrogen) atoms. The van der Waals surface area contributed by atoms with Gasteiger partial charge in [-0.2, -0.15) is 0 Å². The number of hydrogen-bond acceptors (Lipinski definition) is 2. The Bertz CT molecular complexity index is 1170. The smallest absolute Gasteiger partial charge is 0.314 e. The molecule has 4 nitrogen and oxygen atoms in total. The van der Waals surface area contributed by atoms with Crippen molar-refractivity contribution < 1.29 is 0 Å². The maximum atomic E-state index is 12.6. The van der Waals surface area contributed by atoms with Gasteiger partial charge < -0.3 is 4.98 Å². The molecule has 0 saturated heterocycles. The fourth-order valence-electron chi connectivity index (χ4n) is 3.78. The number of benzene rings is 2. The lowest BCUT2D eigenvalue weighted by Gasteiger charge is -2.21.